The van der Waals surface area contributed by atoms with E-state index in [9.17, 15) is 9.90 Å². The van der Waals surface area contributed by atoms with Gasteiger partial charge in [0.05, 0.1) is 7.11 Å². The molecule has 2 fully saturated rings. The van der Waals surface area contributed by atoms with Crippen LogP contribution in [0.25, 0.3) is 0 Å². The van der Waals surface area contributed by atoms with Gasteiger partial charge >= 0.3 is 0 Å². The molecule has 4 atom stereocenters. The summed E-state index contributed by atoms with van der Waals surface area (Å²) in [5.41, 5.74) is 1.80. The Morgan fingerprint density at radius 1 is 1.35 bits per heavy atom. The first-order valence-corrected chi connectivity index (χ1v) is 8.29. The molecule has 5 nitrogen and oxygen atoms in total. The van der Waals surface area contributed by atoms with Gasteiger partial charge in [0.25, 0.3) is 0 Å². The second kappa shape index (κ2) is 5.21. The van der Waals surface area contributed by atoms with Crippen molar-refractivity contribution >= 4 is 5.78 Å². The van der Waals surface area contributed by atoms with Crippen LogP contribution in [0.5, 0.6) is 11.5 Å². The van der Waals surface area contributed by atoms with Gasteiger partial charge in [0, 0.05) is 30.6 Å². The quantitative estimate of drug-likeness (QED) is 0.866. The van der Waals surface area contributed by atoms with E-state index in [1.54, 1.807) is 14.2 Å². The SMILES string of the molecule is COc1ccc2c(c1O)[C@@]13CCNC(C2)C1CC(OC)C(=O)C3. The Balaban J connectivity index is 1.90. The molecule has 1 aromatic carbocycles. The van der Waals surface area contributed by atoms with E-state index in [-0.39, 0.29) is 23.1 Å². The third-order valence-corrected chi connectivity index (χ3v) is 6.16. The number of carbonyl (C=O) groups excluding carboxylic acids is 1. The molecule has 1 saturated carbocycles. The molecule has 1 heterocycles. The van der Waals surface area contributed by atoms with Crippen molar-refractivity contribution in [2.45, 2.75) is 43.2 Å². The number of piperidine rings is 1. The Morgan fingerprint density at radius 3 is 2.91 bits per heavy atom. The maximum atomic E-state index is 12.6. The van der Waals surface area contributed by atoms with Gasteiger partial charge < -0.3 is 19.9 Å². The van der Waals surface area contributed by atoms with Crippen molar-refractivity contribution in [2.24, 2.45) is 5.92 Å². The zero-order valence-corrected chi connectivity index (χ0v) is 13.6. The number of rotatable bonds is 2. The number of aromatic hydroxyl groups is 1. The number of hydrogen-bond donors (Lipinski definition) is 2. The van der Waals surface area contributed by atoms with Gasteiger partial charge in [-0.3, -0.25) is 4.79 Å². The molecule has 1 aliphatic heterocycles. The number of benzene rings is 1. The number of ether oxygens (including phenoxy) is 2. The fraction of sp³-hybridized carbons (Fsp3) is 0.611. The molecule has 0 spiro atoms. The Morgan fingerprint density at radius 2 is 2.17 bits per heavy atom. The van der Waals surface area contributed by atoms with E-state index in [0.717, 1.165) is 36.9 Å². The first kappa shape index (κ1) is 15.0. The van der Waals surface area contributed by atoms with Crippen LogP contribution in [0.1, 0.15) is 30.4 Å². The molecule has 23 heavy (non-hydrogen) atoms. The molecule has 4 rings (SSSR count). The minimum atomic E-state index is -0.315. The van der Waals surface area contributed by atoms with Crippen LogP contribution >= 0.6 is 0 Å². The molecule has 1 saturated heterocycles. The van der Waals surface area contributed by atoms with Crippen LogP contribution < -0.4 is 10.1 Å². The maximum absolute atomic E-state index is 12.6. The van der Waals surface area contributed by atoms with Gasteiger partial charge in [0.2, 0.25) is 0 Å². The number of carbonyl (C=O) groups is 1. The zero-order chi connectivity index (χ0) is 16.2. The second-order valence-electron chi connectivity index (χ2n) is 7.03. The lowest BCUT2D eigenvalue weighted by Gasteiger charge is -2.56. The van der Waals surface area contributed by atoms with E-state index < -0.39 is 0 Å². The highest BCUT2D eigenvalue weighted by atomic mass is 16.5. The minimum absolute atomic E-state index is 0.152. The van der Waals surface area contributed by atoms with Crippen LogP contribution in [0, 0.1) is 5.92 Å². The molecule has 3 unspecified atom stereocenters. The molecule has 124 valence electrons. The summed E-state index contributed by atoms with van der Waals surface area (Å²) in [5.74, 6) is 1.18. The van der Waals surface area contributed by atoms with E-state index in [1.807, 2.05) is 12.1 Å². The molecule has 0 amide bonds. The monoisotopic (exact) mass is 317 g/mol. The number of phenols is 1. The van der Waals surface area contributed by atoms with E-state index in [4.69, 9.17) is 9.47 Å². The van der Waals surface area contributed by atoms with Gasteiger partial charge in [-0.2, -0.15) is 0 Å². The van der Waals surface area contributed by atoms with Crippen molar-refractivity contribution in [3.05, 3.63) is 23.3 Å². The lowest BCUT2D eigenvalue weighted by molar-refractivity contribution is -0.138. The van der Waals surface area contributed by atoms with Gasteiger partial charge in [0.15, 0.2) is 17.3 Å². The summed E-state index contributed by atoms with van der Waals surface area (Å²) in [6, 6.07) is 4.21. The summed E-state index contributed by atoms with van der Waals surface area (Å²) < 4.78 is 10.7. The van der Waals surface area contributed by atoms with Crippen LogP contribution in [0.15, 0.2) is 12.1 Å². The van der Waals surface area contributed by atoms with Gasteiger partial charge in [-0.25, -0.2) is 0 Å². The van der Waals surface area contributed by atoms with Crippen molar-refractivity contribution in [1.82, 2.24) is 5.32 Å². The highest BCUT2D eigenvalue weighted by Crippen LogP contribution is 2.57. The number of methoxy groups -OCH3 is 2. The third kappa shape index (κ3) is 1.96. The Hall–Kier alpha value is -1.59. The molecular formula is C18H23NO4. The van der Waals surface area contributed by atoms with Crippen molar-refractivity contribution in [3.8, 4) is 11.5 Å². The third-order valence-electron chi connectivity index (χ3n) is 6.16. The van der Waals surface area contributed by atoms with Gasteiger partial charge in [0.1, 0.15) is 6.10 Å². The van der Waals surface area contributed by atoms with Gasteiger partial charge in [-0.1, -0.05) is 6.07 Å². The Bertz CT molecular complexity index is 659. The highest BCUT2D eigenvalue weighted by Gasteiger charge is 2.57. The van der Waals surface area contributed by atoms with Crippen molar-refractivity contribution in [1.29, 1.82) is 0 Å². The lowest BCUT2D eigenvalue weighted by Crippen LogP contribution is -2.62. The Kier molecular flexibility index (Phi) is 3.39. The maximum Gasteiger partial charge on any atom is 0.162 e. The van der Waals surface area contributed by atoms with Crippen LogP contribution in [0.4, 0.5) is 0 Å². The van der Waals surface area contributed by atoms with Crippen LogP contribution in [0.2, 0.25) is 0 Å². The molecule has 1 aromatic rings. The summed E-state index contributed by atoms with van der Waals surface area (Å²) in [4.78, 5) is 12.6. The molecule has 0 radical (unpaired) electrons. The predicted molar refractivity (Wildman–Crippen MR) is 85.0 cm³/mol. The second-order valence-corrected chi connectivity index (χ2v) is 7.03. The Labute approximate surface area is 136 Å². The van der Waals surface area contributed by atoms with Gasteiger partial charge in [-0.05, 0) is 43.4 Å². The summed E-state index contributed by atoms with van der Waals surface area (Å²) in [6.45, 7) is 0.877. The fourth-order valence-electron chi connectivity index (χ4n) is 5.17. The summed E-state index contributed by atoms with van der Waals surface area (Å²) >= 11 is 0. The van der Waals surface area contributed by atoms with Crippen LogP contribution in [-0.4, -0.2) is 43.8 Å². The fourth-order valence-corrected chi connectivity index (χ4v) is 5.17. The predicted octanol–water partition coefficient (Wildman–Crippen LogP) is 1.55. The number of nitrogens with one attached hydrogen (secondary N) is 1. The van der Waals surface area contributed by atoms with E-state index in [2.05, 4.69) is 5.32 Å². The van der Waals surface area contributed by atoms with Gasteiger partial charge in [-0.15, -0.1) is 0 Å². The number of Topliss-reactive ketones (excluding diaryl/α,β-unsaturated/α-hetero) is 1. The summed E-state index contributed by atoms with van der Waals surface area (Å²) in [7, 11) is 3.18. The van der Waals surface area contributed by atoms with E-state index in [1.165, 1.54) is 0 Å². The summed E-state index contributed by atoms with van der Waals surface area (Å²) in [6.07, 6.45) is 2.60. The standard InChI is InChI=1S/C18H23NO4/c1-22-14-4-3-10-7-12-11-8-15(23-2)13(20)9-18(11,5-6-19-12)16(10)17(14)21/h3-4,11-12,15,19,21H,5-9H2,1-2H3/t11?,12?,15?,18-/m1/s1. The number of hydrogen-bond acceptors (Lipinski definition) is 5. The molecule has 5 heteroatoms. The molecule has 0 aromatic heterocycles. The van der Waals surface area contributed by atoms with E-state index in [0.29, 0.717) is 24.1 Å². The van der Waals surface area contributed by atoms with Crippen LogP contribution in [0.3, 0.4) is 0 Å². The molecule has 2 bridgehead atoms. The normalized spacial score (nSPS) is 35.4. The smallest absolute Gasteiger partial charge is 0.162 e. The molecular weight excluding hydrogens is 294 g/mol. The average molecular weight is 317 g/mol. The first-order valence-electron chi connectivity index (χ1n) is 8.29. The average Bonchev–Trinajstić information content (AvgIpc) is 2.53. The lowest BCUT2D eigenvalue weighted by atomic mass is 9.52. The largest absolute Gasteiger partial charge is 0.504 e. The number of ketones is 1. The topological polar surface area (TPSA) is 67.8 Å². The van der Waals surface area contributed by atoms with Crippen molar-refractivity contribution < 1.29 is 19.4 Å². The molecule has 2 N–H and O–H groups in total. The molecule has 3 aliphatic rings. The summed E-state index contributed by atoms with van der Waals surface area (Å²) in [5, 5.41) is 14.4. The first-order chi connectivity index (χ1) is 11.1. The van der Waals surface area contributed by atoms with E-state index >= 15 is 0 Å². The number of fused-ring (bicyclic) bond motifs is 1. The van der Waals surface area contributed by atoms with Crippen molar-refractivity contribution in [2.75, 3.05) is 20.8 Å². The highest BCUT2D eigenvalue weighted by molar-refractivity contribution is 5.86. The molecule has 2 aliphatic carbocycles. The van der Waals surface area contributed by atoms with Crippen LogP contribution in [-0.2, 0) is 21.4 Å². The minimum Gasteiger partial charge on any atom is -0.504 e. The zero-order valence-electron chi connectivity index (χ0n) is 13.6. The van der Waals surface area contributed by atoms with Crippen molar-refractivity contribution in [3.63, 3.8) is 0 Å². The number of phenolic OH excluding ortho intramolecular Hbond substituents is 1.